The van der Waals surface area contributed by atoms with Crippen molar-refractivity contribution in [1.82, 2.24) is 0 Å². The number of aliphatic imine (C=N–C) groups is 1. The van der Waals surface area contributed by atoms with Crippen molar-refractivity contribution in [3.05, 3.63) is 135 Å². The largest absolute Gasteiger partial charge is 0.464 e. The molecule has 1 N–H and O–H groups in total. The molecular weight excluding hydrogens is 721 g/mol. The van der Waals surface area contributed by atoms with E-state index in [4.69, 9.17) is 33.0 Å². The van der Waals surface area contributed by atoms with E-state index in [0.29, 0.717) is 41.4 Å². The van der Waals surface area contributed by atoms with Crippen LogP contribution in [-0.2, 0) is 56.0 Å². The summed E-state index contributed by atoms with van der Waals surface area (Å²) in [6.07, 6.45) is 5.68. The zero-order valence-electron chi connectivity index (χ0n) is 32.3. The molecule has 7 nitrogen and oxygen atoms in total. The molecule has 0 spiro atoms. The van der Waals surface area contributed by atoms with Crippen molar-refractivity contribution in [2.24, 2.45) is 15.8 Å². The molecule has 0 unspecified atom stereocenters. The maximum Gasteiger partial charge on any atom is 0.310 e. The number of carbonyl (C=O) groups is 3. The van der Waals surface area contributed by atoms with E-state index in [2.05, 4.69) is 18.8 Å². The number of aliphatic hydroxyl groups excluding tert-OH is 1. The first kappa shape index (κ1) is 45.8. The Labute approximate surface area is 330 Å². The summed E-state index contributed by atoms with van der Waals surface area (Å²) in [7, 11) is 0. The lowest BCUT2D eigenvalue weighted by Crippen LogP contribution is -2.31. The normalized spacial score (nSPS) is 10.8. The molecule has 0 atom stereocenters. The number of benzene rings is 4. The molecule has 54 heavy (non-hydrogen) atoms. The maximum atomic E-state index is 12.6. The van der Waals surface area contributed by atoms with E-state index in [0.717, 1.165) is 29.5 Å². The second kappa shape index (κ2) is 23.4. The van der Waals surface area contributed by atoms with Crippen LogP contribution in [0.5, 0.6) is 0 Å². The average molecular weight is 775 g/mol. The van der Waals surface area contributed by atoms with Crippen LogP contribution in [0.2, 0.25) is 10.0 Å². The summed E-state index contributed by atoms with van der Waals surface area (Å²) in [5, 5.41) is 10.4. The number of isocyanates is 1. The minimum absolute atomic E-state index is 0.0579. The number of ketones is 2. The molecule has 4 aromatic rings. The van der Waals surface area contributed by atoms with Gasteiger partial charge in [0.05, 0.1) is 24.1 Å². The molecular formula is C45H53Cl2NO6. The minimum Gasteiger partial charge on any atom is -0.464 e. The first-order chi connectivity index (χ1) is 25.6. The summed E-state index contributed by atoms with van der Waals surface area (Å²) in [5.41, 5.74) is 4.62. The van der Waals surface area contributed by atoms with E-state index >= 15 is 0 Å². The van der Waals surface area contributed by atoms with Crippen molar-refractivity contribution in [2.45, 2.75) is 86.5 Å². The Kier molecular flexibility index (Phi) is 19.8. The van der Waals surface area contributed by atoms with Crippen molar-refractivity contribution in [2.75, 3.05) is 13.2 Å². The van der Waals surface area contributed by atoms with Crippen molar-refractivity contribution in [1.29, 1.82) is 0 Å². The second-order valence-electron chi connectivity index (χ2n) is 14.2. The topological polar surface area (TPSA) is 110 Å². The predicted molar refractivity (Wildman–Crippen MR) is 218 cm³/mol. The lowest BCUT2D eigenvalue weighted by Gasteiger charge is -2.23. The fraction of sp³-hybridized carbons (Fsp3) is 0.378. The number of nitrogens with zero attached hydrogens (tertiary/aromatic N) is 1. The zero-order chi connectivity index (χ0) is 40.1. The monoisotopic (exact) mass is 773 g/mol. The highest BCUT2D eigenvalue weighted by Crippen LogP contribution is 2.24. The minimum atomic E-state index is -0.719. The van der Waals surface area contributed by atoms with Gasteiger partial charge in [0.25, 0.3) is 0 Å². The number of hydrogen-bond acceptors (Lipinski definition) is 7. The molecule has 0 fully saturated rings. The molecule has 9 heteroatoms. The number of aliphatic hydroxyl groups is 1. The lowest BCUT2D eigenvalue weighted by molar-refractivity contribution is -0.148. The van der Waals surface area contributed by atoms with E-state index in [9.17, 15) is 19.2 Å². The summed E-state index contributed by atoms with van der Waals surface area (Å²) in [5.74, 6) is -0.191. The highest BCUT2D eigenvalue weighted by molar-refractivity contribution is 6.31. The van der Waals surface area contributed by atoms with Crippen LogP contribution in [0.4, 0.5) is 5.69 Å². The van der Waals surface area contributed by atoms with Crippen molar-refractivity contribution in [3.8, 4) is 0 Å². The van der Waals surface area contributed by atoms with Gasteiger partial charge in [-0.05, 0) is 91.6 Å². The Morgan fingerprint density at radius 3 is 1.52 bits per heavy atom. The fourth-order valence-corrected chi connectivity index (χ4v) is 5.43. The highest BCUT2D eigenvalue weighted by Gasteiger charge is 2.29. The fourth-order valence-electron chi connectivity index (χ4n) is 4.97. The smallest absolute Gasteiger partial charge is 0.310 e. The summed E-state index contributed by atoms with van der Waals surface area (Å²) in [6.45, 7) is 11.3. The molecule has 4 rings (SSSR count). The third kappa shape index (κ3) is 16.3. The quantitative estimate of drug-likeness (QED) is 0.0690. The molecule has 0 aliphatic rings. The molecule has 0 aliphatic carbocycles. The van der Waals surface area contributed by atoms with Gasteiger partial charge in [-0.3, -0.25) is 14.4 Å². The van der Waals surface area contributed by atoms with E-state index in [1.54, 1.807) is 13.8 Å². The first-order valence-electron chi connectivity index (χ1n) is 18.2. The van der Waals surface area contributed by atoms with Crippen LogP contribution >= 0.6 is 23.2 Å². The van der Waals surface area contributed by atoms with Crippen LogP contribution < -0.4 is 0 Å². The molecule has 4 aromatic carbocycles. The van der Waals surface area contributed by atoms with Gasteiger partial charge in [-0.15, -0.1) is 0 Å². The molecule has 0 amide bonds. The SMILES string of the molecule is CC(C)(CO)C(=O)CCc1ccccc1Cl.CCc1ccc(CC(=O)OCC(C)(C)C(=O)CCc2ccccc2Cl)cc1.CCc1ccc(N=C=O)cc1. The molecule has 0 saturated heterocycles. The molecule has 0 heterocycles. The Morgan fingerprint density at radius 1 is 0.667 bits per heavy atom. The first-order valence-corrected chi connectivity index (χ1v) is 19.0. The van der Waals surface area contributed by atoms with Gasteiger partial charge >= 0.3 is 5.97 Å². The summed E-state index contributed by atoms with van der Waals surface area (Å²) >= 11 is 12.1. The summed E-state index contributed by atoms with van der Waals surface area (Å²) in [4.78, 5) is 49.8. The highest BCUT2D eigenvalue weighted by atomic mass is 35.5. The molecule has 0 bridgehead atoms. The van der Waals surface area contributed by atoms with Crippen LogP contribution in [0.3, 0.4) is 0 Å². The van der Waals surface area contributed by atoms with Crippen LogP contribution in [0.1, 0.15) is 82.2 Å². The maximum absolute atomic E-state index is 12.6. The Balaban J connectivity index is 0.000000314. The number of ether oxygens (including phenoxy) is 1. The molecule has 288 valence electrons. The molecule has 0 radical (unpaired) electrons. The van der Waals surface area contributed by atoms with Gasteiger partial charge in [0.15, 0.2) is 0 Å². The zero-order valence-corrected chi connectivity index (χ0v) is 33.8. The number of halogens is 2. The number of rotatable bonds is 16. The van der Waals surface area contributed by atoms with Crippen LogP contribution in [0, 0.1) is 10.8 Å². The Hall–Kier alpha value is -4.39. The van der Waals surface area contributed by atoms with Gasteiger partial charge in [-0.2, -0.15) is 4.99 Å². The van der Waals surface area contributed by atoms with Crippen molar-refractivity contribution in [3.63, 3.8) is 0 Å². The number of aryl methyl sites for hydroxylation is 4. The van der Waals surface area contributed by atoms with E-state index < -0.39 is 10.8 Å². The second-order valence-corrected chi connectivity index (χ2v) is 15.0. The molecule has 0 saturated carbocycles. The molecule has 0 aromatic heterocycles. The summed E-state index contributed by atoms with van der Waals surface area (Å²) < 4.78 is 5.38. The lowest BCUT2D eigenvalue weighted by atomic mass is 9.86. The van der Waals surface area contributed by atoms with Gasteiger partial charge in [-0.1, -0.05) is 124 Å². The van der Waals surface area contributed by atoms with E-state index in [1.807, 2.05) is 111 Å². The van der Waals surface area contributed by atoms with Crippen LogP contribution in [0.25, 0.3) is 0 Å². The average Bonchev–Trinajstić information content (AvgIpc) is 3.17. The van der Waals surface area contributed by atoms with Crippen LogP contribution in [0.15, 0.2) is 102 Å². The van der Waals surface area contributed by atoms with E-state index in [-0.39, 0.29) is 37.2 Å². The van der Waals surface area contributed by atoms with Crippen LogP contribution in [-0.4, -0.2) is 41.9 Å². The van der Waals surface area contributed by atoms with Gasteiger partial charge < -0.3 is 9.84 Å². The third-order valence-electron chi connectivity index (χ3n) is 8.96. The predicted octanol–water partition coefficient (Wildman–Crippen LogP) is 10.3. The van der Waals surface area contributed by atoms with Gasteiger partial charge in [0, 0.05) is 28.3 Å². The molecule has 0 aliphatic heterocycles. The standard InChI is InChI=1S/C23H27ClO3.C13H17ClO2.C9H9NO/c1-4-17-9-11-18(12-10-17)15-22(26)27-16-23(2,3)21(25)14-13-19-7-5-6-8-20(19)24;1-13(2,9-15)12(16)8-7-10-5-3-4-6-11(10)14;1-2-8-3-5-9(6-4-8)10-7-11/h5-12H,4,13-16H2,1-3H3;3-6,15H,7-9H2,1-2H3;3-6H,2H2,1H3. The Morgan fingerprint density at radius 2 is 1.09 bits per heavy atom. The van der Waals surface area contributed by atoms with E-state index in [1.165, 1.54) is 17.2 Å². The van der Waals surface area contributed by atoms with Crippen molar-refractivity contribution < 1.29 is 29.0 Å². The third-order valence-corrected chi connectivity index (χ3v) is 9.69. The number of Topliss-reactive ketones (excluding diaryl/α,β-unsaturated/α-hetero) is 2. The van der Waals surface area contributed by atoms with Gasteiger partial charge in [0.2, 0.25) is 6.08 Å². The number of esters is 1. The number of carbonyl (C=O) groups excluding carboxylic acids is 4. The Bertz CT molecular complexity index is 1830. The van der Waals surface area contributed by atoms with Gasteiger partial charge in [0.1, 0.15) is 18.2 Å². The van der Waals surface area contributed by atoms with Gasteiger partial charge in [-0.25, -0.2) is 4.79 Å². The number of hydrogen-bond donors (Lipinski definition) is 1. The van der Waals surface area contributed by atoms with Crippen molar-refractivity contribution >= 4 is 52.5 Å². The summed E-state index contributed by atoms with van der Waals surface area (Å²) in [6, 6.07) is 30.5.